The van der Waals surface area contributed by atoms with E-state index in [1.54, 1.807) is 23.5 Å². The zero-order chi connectivity index (χ0) is 13.1. The van der Waals surface area contributed by atoms with E-state index in [2.05, 4.69) is 40.2 Å². The first-order chi connectivity index (χ1) is 9.36. The molecule has 0 amide bonds. The SMILES string of the molecule is Br/C=C1\SC(Sc2ccccc2)=Nc2ccccc21. The first-order valence-electron chi connectivity index (χ1n) is 5.76. The van der Waals surface area contributed by atoms with E-state index >= 15 is 0 Å². The third-order valence-corrected chi connectivity index (χ3v) is 5.48. The monoisotopic (exact) mass is 347 g/mol. The quantitative estimate of drug-likeness (QED) is 0.635. The summed E-state index contributed by atoms with van der Waals surface area (Å²) in [6.45, 7) is 0. The molecule has 0 fully saturated rings. The second-order valence-electron chi connectivity index (χ2n) is 3.89. The number of fused-ring (bicyclic) bond motifs is 1. The third-order valence-electron chi connectivity index (χ3n) is 2.63. The number of para-hydroxylation sites is 1. The Labute approximate surface area is 129 Å². The summed E-state index contributed by atoms with van der Waals surface area (Å²) in [4.78, 5) is 9.10. The number of nitrogens with zero attached hydrogens (tertiary/aromatic N) is 1. The number of rotatable bonds is 1. The molecule has 0 saturated heterocycles. The van der Waals surface area contributed by atoms with Gasteiger partial charge in [-0.1, -0.05) is 75.9 Å². The number of halogens is 1. The molecule has 0 atom stereocenters. The van der Waals surface area contributed by atoms with E-state index < -0.39 is 0 Å². The van der Waals surface area contributed by atoms with Crippen molar-refractivity contribution in [3.63, 3.8) is 0 Å². The van der Waals surface area contributed by atoms with Crippen molar-refractivity contribution in [1.82, 2.24) is 0 Å². The Morgan fingerprint density at radius 2 is 1.74 bits per heavy atom. The molecule has 1 aliphatic heterocycles. The molecule has 0 N–H and O–H groups in total. The van der Waals surface area contributed by atoms with Crippen molar-refractivity contribution in [2.45, 2.75) is 4.90 Å². The average Bonchev–Trinajstić information content (AvgIpc) is 2.47. The lowest BCUT2D eigenvalue weighted by Gasteiger charge is -2.16. The minimum atomic E-state index is 1.03. The molecule has 0 bridgehead atoms. The van der Waals surface area contributed by atoms with Crippen molar-refractivity contribution in [2.24, 2.45) is 4.99 Å². The summed E-state index contributed by atoms with van der Waals surface area (Å²) in [5.41, 5.74) is 2.21. The highest BCUT2D eigenvalue weighted by molar-refractivity contribution is 9.11. The normalized spacial score (nSPS) is 16.1. The fourth-order valence-electron chi connectivity index (χ4n) is 1.76. The highest BCUT2D eigenvalue weighted by Crippen LogP contribution is 2.44. The molecule has 1 aliphatic rings. The van der Waals surface area contributed by atoms with Crippen molar-refractivity contribution in [3.05, 3.63) is 65.1 Å². The fraction of sp³-hybridized carbons (Fsp3) is 0. The van der Waals surface area contributed by atoms with Gasteiger partial charge >= 0.3 is 0 Å². The highest BCUT2D eigenvalue weighted by atomic mass is 79.9. The average molecular weight is 348 g/mol. The van der Waals surface area contributed by atoms with E-state index in [-0.39, 0.29) is 0 Å². The summed E-state index contributed by atoms with van der Waals surface area (Å²) >= 11 is 6.84. The predicted octanol–water partition coefficient (Wildman–Crippen LogP) is 5.91. The van der Waals surface area contributed by atoms with Gasteiger partial charge in [0.2, 0.25) is 0 Å². The largest absolute Gasteiger partial charge is 0.234 e. The zero-order valence-electron chi connectivity index (χ0n) is 9.92. The molecule has 0 unspecified atom stereocenters. The van der Waals surface area contributed by atoms with Crippen LogP contribution in [-0.4, -0.2) is 4.38 Å². The zero-order valence-corrected chi connectivity index (χ0v) is 13.1. The third kappa shape index (κ3) is 2.96. The van der Waals surface area contributed by atoms with E-state index in [4.69, 9.17) is 4.99 Å². The maximum Gasteiger partial charge on any atom is 0.140 e. The van der Waals surface area contributed by atoms with E-state index in [1.807, 2.05) is 35.3 Å². The topological polar surface area (TPSA) is 12.4 Å². The van der Waals surface area contributed by atoms with Crippen LogP contribution >= 0.6 is 39.5 Å². The van der Waals surface area contributed by atoms with Crippen LogP contribution in [0.15, 0.2) is 69.5 Å². The van der Waals surface area contributed by atoms with Crippen LogP contribution in [0.25, 0.3) is 4.91 Å². The molecule has 2 aromatic rings. The van der Waals surface area contributed by atoms with Crippen molar-refractivity contribution in [2.75, 3.05) is 0 Å². The van der Waals surface area contributed by atoms with Gasteiger partial charge in [-0.05, 0) is 23.2 Å². The van der Waals surface area contributed by atoms with E-state index in [0.29, 0.717) is 0 Å². The van der Waals surface area contributed by atoms with Crippen LogP contribution in [0.3, 0.4) is 0 Å². The van der Waals surface area contributed by atoms with Crippen LogP contribution < -0.4 is 0 Å². The second kappa shape index (κ2) is 5.99. The lowest BCUT2D eigenvalue weighted by Crippen LogP contribution is -1.94. The maximum atomic E-state index is 4.72. The van der Waals surface area contributed by atoms with Gasteiger partial charge in [0.15, 0.2) is 0 Å². The van der Waals surface area contributed by atoms with Crippen LogP contribution in [0.5, 0.6) is 0 Å². The Bertz CT molecular complexity index is 650. The van der Waals surface area contributed by atoms with Gasteiger partial charge in [-0.3, -0.25) is 0 Å². The lowest BCUT2D eigenvalue weighted by atomic mass is 10.2. The molecular formula is C15H10BrNS2. The summed E-state index contributed by atoms with van der Waals surface area (Å²) in [6, 6.07) is 18.5. The van der Waals surface area contributed by atoms with Crippen LogP contribution in [0.4, 0.5) is 5.69 Å². The van der Waals surface area contributed by atoms with Gasteiger partial charge in [-0.25, -0.2) is 4.99 Å². The van der Waals surface area contributed by atoms with Crippen LogP contribution in [-0.2, 0) is 0 Å². The number of hydrogen-bond acceptors (Lipinski definition) is 3. The maximum absolute atomic E-state index is 4.72. The van der Waals surface area contributed by atoms with Gasteiger partial charge in [0.1, 0.15) is 4.38 Å². The summed E-state index contributed by atoms with van der Waals surface area (Å²) in [7, 11) is 0. The van der Waals surface area contributed by atoms with Crippen molar-refractivity contribution in [1.29, 1.82) is 0 Å². The van der Waals surface area contributed by atoms with Gasteiger partial charge in [0, 0.05) is 15.4 Å². The van der Waals surface area contributed by atoms with Crippen LogP contribution in [0, 0.1) is 0 Å². The van der Waals surface area contributed by atoms with Crippen molar-refractivity contribution < 1.29 is 0 Å². The molecule has 2 aromatic carbocycles. The summed E-state index contributed by atoms with van der Waals surface area (Å²) < 4.78 is 1.05. The van der Waals surface area contributed by atoms with Crippen molar-refractivity contribution in [3.8, 4) is 0 Å². The summed E-state index contributed by atoms with van der Waals surface area (Å²) in [6.07, 6.45) is 0. The minimum Gasteiger partial charge on any atom is -0.234 e. The van der Waals surface area contributed by atoms with Crippen LogP contribution in [0.1, 0.15) is 5.56 Å². The van der Waals surface area contributed by atoms with Gasteiger partial charge in [0.25, 0.3) is 0 Å². The van der Waals surface area contributed by atoms with Gasteiger partial charge in [-0.2, -0.15) is 0 Å². The van der Waals surface area contributed by atoms with Gasteiger partial charge < -0.3 is 0 Å². The minimum absolute atomic E-state index is 1.03. The smallest absolute Gasteiger partial charge is 0.140 e. The molecule has 4 heteroatoms. The molecule has 1 nitrogen and oxygen atoms in total. The number of benzene rings is 2. The second-order valence-corrected chi connectivity index (χ2v) is 6.69. The Morgan fingerprint density at radius 1 is 1.00 bits per heavy atom. The molecule has 1 heterocycles. The molecule has 0 aromatic heterocycles. The highest BCUT2D eigenvalue weighted by Gasteiger charge is 2.17. The van der Waals surface area contributed by atoms with E-state index in [1.165, 1.54) is 15.4 Å². The first kappa shape index (κ1) is 13.0. The Morgan fingerprint density at radius 3 is 2.53 bits per heavy atom. The standard InChI is InChI=1S/C15H10BrNS2/c16-10-14-12-8-4-5-9-13(12)17-15(19-14)18-11-6-2-1-3-7-11/h1-10H/b14-10-. The predicted molar refractivity (Wildman–Crippen MR) is 90.3 cm³/mol. The Kier molecular flexibility index (Phi) is 4.11. The fourth-order valence-corrected chi connectivity index (χ4v) is 4.31. The molecule has 19 heavy (non-hydrogen) atoms. The molecule has 3 rings (SSSR count). The first-order valence-corrected chi connectivity index (χ1v) is 8.31. The molecular weight excluding hydrogens is 338 g/mol. The van der Waals surface area contributed by atoms with Crippen molar-refractivity contribution >= 4 is 54.4 Å². The lowest BCUT2D eigenvalue weighted by molar-refractivity contribution is 1.47. The number of hydrogen-bond donors (Lipinski definition) is 0. The molecule has 0 aliphatic carbocycles. The summed E-state index contributed by atoms with van der Waals surface area (Å²) in [5, 5.41) is 0. The number of aliphatic imine (C=N–C) groups is 1. The van der Waals surface area contributed by atoms with Gasteiger partial charge in [0.05, 0.1) is 5.69 Å². The molecule has 94 valence electrons. The molecule has 0 spiro atoms. The van der Waals surface area contributed by atoms with E-state index in [9.17, 15) is 0 Å². The number of thioether (sulfide) groups is 2. The Balaban J connectivity index is 1.95. The molecule has 0 radical (unpaired) electrons. The van der Waals surface area contributed by atoms with Crippen LogP contribution in [0.2, 0.25) is 0 Å². The summed E-state index contributed by atoms with van der Waals surface area (Å²) in [5.74, 6) is 0. The van der Waals surface area contributed by atoms with Gasteiger partial charge in [-0.15, -0.1) is 0 Å². The molecule has 0 saturated carbocycles. The Hall–Kier alpha value is -0.970. The van der Waals surface area contributed by atoms with E-state index in [0.717, 1.165) is 10.1 Å².